The summed E-state index contributed by atoms with van der Waals surface area (Å²) >= 11 is 2.85. The Labute approximate surface area is 61.6 Å². The van der Waals surface area contributed by atoms with Crippen molar-refractivity contribution < 1.29 is 13.2 Å². The molecule has 0 aliphatic heterocycles. The molecule has 56 valence electrons. The van der Waals surface area contributed by atoms with Crippen LogP contribution in [0.5, 0.6) is 0 Å². The molecule has 0 heterocycles. The fourth-order valence-corrected chi connectivity index (χ4v) is 1.18. The molecule has 0 aromatic heterocycles. The molecule has 0 aromatic rings. The van der Waals surface area contributed by atoms with Crippen LogP contribution in [0.15, 0.2) is 0 Å². The number of hydrogen-bond donors (Lipinski definition) is 0. The van der Waals surface area contributed by atoms with Gasteiger partial charge in [0.25, 0.3) is 0 Å². The Hall–Kier alpha value is 0.487. The predicted molar refractivity (Wildman–Crippen MR) is 37.3 cm³/mol. The molecule has 0 aromatic carbocycles. The summed E-state index contributed by atoms with van der Waals surface area (Å²) in [5, 5.41) is 0. The molecule has 0 amide bonds. The molecule has 0 atom stereocenters. The molecule has 0 spiro atoms. The van der Waals surface area contributed by atoms with E-state index >= 15 is 0 Å². The molecule has 0 aliphatic rings. The second kappa shape index (κ2) is 2.62. The third kappa shape index (κ3) is 2.29. The zero-order chi connectivity index (χ0) is 7.71. The standard InChI is InChI=1S/C4H8BrF3Si/c1-9(2,3-5)4(6,7)8/h3H2,1-2H3. The lowest BCUT2D eigenvalue weighted by Gasteiger charge is -2.21. The van der Waals surface area contributed by atoms with E-state index in [1.54, 1.807) is 0 Å². The van der Waals surface area contributed by atoms with Gasteiger partial charge in [-0.05, 0) is 0 Å². The van der Waals surface area contributed by atoms with Crippen LogP contribution in [0, 0.1) is 0 Å². The largest absolute Gasteiger partial charge is 0.361 e. The van der Waals surface area contributed by atoms with Crippen LogP contribution in [0.25, 0.3) is 0 Å². The summed E-state index contributed by atoms with van der Waals surface area (Å²) in [4.78, 5) is 0.0868. The average molecular weight is 221 g/mol. The third-order valence-electron chi connectivity index (χ3n) is 1.10. The van der Waals surface area contributed by atoms with E-state index in [1.807, 2.05) is 0 Å². The van der Waals surface area contributed by atoms with E-state index in [4.69, 9.17) is 0 Å². The van der Waals surface area contributed by atoms with E-state index in [1.165, 1.54) is 13.1 Å². The molecule has 0 aliphatic carbocycles. The number of rotatable bonds is 1. The number of alkyl halides is 4. The van der Waals surface area contributed by atoms with Gasteiger partial charge < -0.3 is 0 Å². The molecule has 0 radical (unpaired) electrons. The molecule has 0 unspecified atom stereocenters. The van der Waals surface area contributed by atoms with Crippen molar-refractivity contribution in [2.24, 2.45) is 0 Å². The van der Waals surface area contributed by atoms with E-state index in [9.17, 15) is 13.2 Å². The minimum absolute atomic E-state index is 0.0868. The quantitative estimate of drug-likeness (QED) is 0.471. The summed E-state index contributed by atoms with van der Waals surface area (Å²) in [5.41, 5.74) is 0. The molecule has 5 heteroatoms. The summed E-state index contributed by atoms with van der Waals surface area (Å²) in [5.74, 6) is -3.96. The smallest absolute Gasteiger partial charge is 0.177 e. The van der Waals surface area contributed by atoms with Crippen molar-refractivity contribution in [1.82, 2.24) is 0 Å². The zero-order valence-corrected chi connectivity index (χ0v) is 7.80. The van der Waals surface area contributed by atoms with E-state index in [2.05, 4.69) is 15.9 Å². The van der Waals surface area contributed by atoms with E-state index in [0.717, 1.165) is 0 Å². The van der Waals surface area contributed by atoms with Gasteiger partial charge in [-0.1, -0.05) is 29.0 Å². The maximum Gasteiger partial charge on any atom is 0.361 e. The van der Waals surface area contributed by atoms with Crippen molar-refractivity contribution in [1.29, 1.82) is 0 Å². The lowest BCUT2D eigenvalue weighted by Crippen LogP contribution is -2.46. The van der Waals surface area contributed by atoms with Crippen LogP contribution in [0.4, 0.5) is 13.2 Å². The van der Waals surface area contributed by atoms with Crippen LogP contribution in [-0.2, 0) is 0 Å². The van der Waals surface area contributed by atoms with Crippen LogP contribution >= 0.6 is 15.9 Å². The fourth-order valence-electron chi connectivity index (χ4n) is 0.0758. The predicted octanol–water partition coefficient (Wildman–Crippen LogP) is 2.73. The first-order valence-electron chi connectivity index (χ1n) is 2.44. The topological polar surface area (TPSA) is 0 Å². The normalized spacial score (nSPS) is 14.0. The zero-order valence-electron chi connectivity index (χ0n) is 5.22. The van der Waals surface area contributed by atoms with Crippen LogP contribution in [0.2, 0.25) is 13.1 Å². The van der Waals surface area contributed by atoms with Crippen molar-refractivity contribution in [3.05, 3.63) is 0 Å². The molecule has 0 bridgehead atoms. The van der Waals surface area contributed by atoms with Crippen LogP contribution < -0.4 is 0 Å². The van der Waals surface area contributed by atoms with Gasteiger partial charge >= 0.3 is 5.80 Å². The first-order chi connectivity index (χ1) is 3.81. The molecular formula is C4H8BrF3Si. The minimum atomic E-state index is -3.96. The maximum absolute atomic E-state index is 11.9. The van der Waals surface area contributed by atoms with E-state index < -0.39 is 13.9 Å². The maximum atomic E-state index is 11.9. The van der Waals surface area contributed by atoms with Crippen molar-refractivity contribution in [2.75, 3.05) is 4.95 Å². The van der Waals surface area contributed by atoms with Gasteiger partial charge in [0.1, 0.15) is 0 Å². The van der Waals surface area contributed by atoms with E-state index in [0.29, 0.717) is 0 Å². The van der Waals surface area contributed by atoms with Gasteiger partial charge in [0, 0.05) is 4.95 Å². The van der Waals surface area contributed by atoms with E-state index in [-0.39, 0.29) is 4.95 Å². The van der Waals surface area contributed by atoms with Crippen molar-refractivity contribution >= 4 is 24.0 Å². The number of hydrogen-bond acceptors (Lipinski definition) is 0. The third-order valence-corrected chi connectivity index (χ3v) is 7.51. The molecule has 9 heavy (non-hydrogen) atoms. The molecule has 0 N–H and O–H groups in total. The highest BCUT2D eigenvalue weighted by Gasteiger charge is 2.48. The summed E-state index contributed by atoms with van der Waals surface area (Å²) in [6.07, 6.45) is 0. The Bertz CT molecular complexity index is 98.5. The first kappa shape index (κ1) is 9.49. The van der Waals surface area contributed by atoms with Crippen LogP contribution in [0.1, 0.15) is 0 Å². The Morgan fingerprint density at radius 2 is 1.67 bits per heavy atom. The molecule has 0 saturated heterocycles. The molecular weight excluding hydrogens is 213 g/mol. The Morgan fingerprint density at radius 3 is 1.67 bits per heavy atom. The SMILES string of the molecule is C[Si](C)(CBr)C(F)(F)F. The number of halogens is 4. The highest BCUT2D eigenvalue weighted by Crippen LogP contribution is 2.29. The Morgan fingerprint density at radius 1 is 1.33 bits per heavy atom. The first-order valence-corrected chi connectivity index (χ1v) is 6.77. The molecule has 0 fully saturated rings. The highest BCUT2D eigenvalue weighted by molar-refractivity contribution is 9.09. The molecule has 0 nitrogen and oxygen atoms in total. The van der Waals surface area contributed by atoms with Gasteiger partial charge in [0.15, 0.2) is 8.07 Å². The summed E-state index contributed by atoms with van der Waals surface area (Å²) < 4.78 is 35.6. The van der Waals surface area contributed by atoms with Crippen LogP contribution in [0.3, 0.4) is 0 Å². The van der Waals surface area contributed by atoms with Gasteiger partial charge in [0.2, 0.25) is 0 Å². The summed E-state index contributed by atoms with van der Waals surface area (Å²) in [6.45, 7) is 2.59. The van der Waals surface area contributed by atoms with Crippen molar-refractivity contribution in [3.8, 4) is 0 Å². The molecule has 0 rings (SSSR count). The lowest BCUT2D eigenvalue weighted by molar-refractivity contribution is -0.0553. The molecule has 0 saturated carbocycles. The fraction of sp³-hybridized carbons (Fsp3) is 1.00. The minimum Gasteiger partial charge on any atom is -0.177 e. The van der Waals surface area contributed by atoms with Crippen molar-refractivity contribution in [2.45, 2.75) is 18.9 Å². The van der Waals surface area contributed by atoms with Gasteiger partial charge in [-0.25, -0.2) is 0 Å². The highest BCUT2D eigenvalue weighted by atomic mass is 79.9. The van der Waals surface area contributed by atoms with Gasteiger partial charge in [-0.2, -0.15) is 13.2 Å². The summed E-state index contributed by atoms with van der Waals surface area (Å²) in [6, 6.07) is 0. The van der Waals surface area contributed by atoms with Crippen LogP contribution in [-0.4, -0.2) is 18.8 Å². The average Bonchev–Trinajstić information content (AvgIpc) is 1.64. The Balaban J connectivity index is 4.14. The Kier molecular flexibility index (Phi) is 2.76. The second-order valence-corrected chi connectivity index (χ2v) is 8.80. The van der Waals surface area contributed by atoms with Gasteiger partial charge in [0.05, 0.1) is 0 Å². The summed E-state index contributed by atoms with van der Waals surface area (Å²) in [7, 11) is -2.96. The second-order valence-electron chi connectivity index (χ2n) is 2.52. The van der Waals surface area contributed by atoms with Crippen molar-refractivity contribution in [3.63, 3.8) is 0 Å². The van der Waals surface area contributed by atoms with Gasteiger partial charge in [-0.15, -0.1) is 0 Å². The van der Waals surface area contributed by atoms with Gasteiger partial charge in [-0.3, -0.25) is 0 Å². The lowest BCUT2D eigenvalue weighted by atomic mass is 11.5. The monoisotopic (exact) mass is 220 g/mol.